The predicted octanol–water partition coefficient (Wildman–Crippen LogP) is 3.09. The van der Waals surface area contributed by atoms with Crippen LogP contribution in [0.1, 0.15) is 0 Å². The summed E-state index contributed by atoms with van der Waals surface area (Å²) in [5.41, 5.74) is -0.0821. The maximum Gasteiger partial charge on any atom is 0.262 e. The molecule has 2 aromatic carbocycles. The van der Waals surface area contributed by atoms with Gasteiger partial charge < -0.3 is 5.11 Å². The maximum absolute atomic E-state index is 12.8. The molecule has 0 aliphatic heterocycles. The molecule has 2 aromatic rings. The Morgan fingerprint density at radius 1 is 1.16 bits per heavy atom. The molecule has 100 valence electrons. The molecular formula is C12H9BrFNO3S. The highest BCUT2D eigenvalue weighted by molar-refractivity contribution is 9.10. The van der Waals surface area contributed by atoms with Gasteiger partial charge in [-0.2, -0.15) is 0 Å². The molecule has 0 aliphatic rings. The molecule has 0 fully saturated rings. The molecule has 0 aliphatic carbocycles. The number of hydrogen-bond donors (Lipinski definition) is 2. The first-order valence-corrected chi connectivity index (χ1v) is 7.43. The number of phenols is 1. The molecule has 0 amide bonds. The average Bonchev–Trinajstić information content (AvgIpc) is 2.33. The molecular weight excluding hydrogens is 337 g/mol. The van der Waals surface area contributed by atoms with E-state index in [9.17, 15) is 17.9 Å². The second-order valence-corrected chi connectivity index (χ2v) is 6.32. The van der Waals surface area contributed by atoms with Gasteiger partial charge in [-0.25, -0.2) is 12.8 Å². The molecule has 0 aromatic heterocycles. The van der Waals surface area contributed by atoms with Crippen molar-refractivity contribution < 1.29 is 17.9 Å². The topological polar surface area (TPSA) is 66.4 Å². The minimum atomic E-state index is -3.83. The first-order chi connectivity index (χ1) is 8.88. The van der Waals surface area contributed by atoms with Gasteiger partial charge in [0.2, 0.25) is 0 Å². The summed E-state index contributed by atoms with van der Waals surface area (Å²) in [6.07, 6.45) is 0. The predicted molar refractivity (Wildman–Crippen MR) is 73.0 cm³/mol. The van der Waals surface area contributed by atoms with E-state index in [4.69, 9.17) is 0 Å². The lowest BCUT2D eigenvalue weighted by atomic mass is 10.3. The van der Waals surface area contributed by atoms with E-state index in [0.29, 0.717) is 4.47 Å². The molecule has 4 nitrogen and oxygen atoms in total. The third-order valence-electron chi connectivity index (χ3n) is 2.31. The zero-order chi connectivity index (χ0) is 14.0. The Morgan fingerprint density at radius 2 is 1.89 bits per heavy atom. The summed E-state index contributed by atoms with van der Waals surface area (Å²) >= 11 is 3.17. The van der Waals surface area contributed by atoms with E-state index in [0.717, 1.165) is 18.2 Å². The van der Waals surface area contributed by atoms with Crippen LogP contribution in [0.3, 0.4) is 0 Å². The van der Waals surface area contributed by atoms with Crippen LogP contribution in [0.5, 0.6) is 5.75 Å². The fourth-order valence-electron chi connectivity index (χ4n) is 1.43. The molecule has 0 atom stereocenters. The molecule has 0 saturated heterocycles. The molecule has 7 heteroatoms. The van der Waals surface area contributed by atoms with E-state index in [-0.39, 0.29) is 10.6 Å². The molecule has 2 N–H and O–H groups in total. The first-order valence-electron chi connectivity index (χ1n) is 5.15. The van der Waals surface area contributed by atoms with Gasteiger partial charge >= 0.3 is 0 Å². The van der Waals surface area contributed by atoms with Crippen molar-refractivity contribution in [3.05, 3.63) is 52.8 Å². The van der Waals surface area contributed by atoms with E-state index >= 15 is 0 Å². The van der Waals surface area contributed by atoms with Gasteiger partial charge in [0.25, 0.3) is 10.0 Å². The highest BCUT2D eigenvalue weighted by Crippen LogP contribution is 2.27. The summed E-state index contributed by atoms with van der Waals surface area (Å²) in [5.74, 6) is -1.12. The first kappa shape index (κ1) is 13.8. The summed E-state index contributed by atoms with van der Waals surface area (Å²) in [5, 5.41) is 9.48. The van der Waals surface area contributed by atoms with Crippen LogP contribution in [0.15, 0.2) is 51.8 Å². The summed E-state index contributed by atoms with van der Waals surface area (Å²) in [7, 11) is -3.83. The smallest absolute Gasteiger partial charge is 0.262 e. The second kappa shape index (κ2) is 5.18. The van der Waals surface area contributed by atoms with Gasteiger partial charge in [-0.3, -0.25) is 4.72 Å². The van der Waals surface area contributed by atoms with Crippen molar-refractivity contribution in [1.82, 2.24) is 0 Å². The summed E-state index contributed by atoms with van der Waals surface area (Å²) in [4.78, 5) is 0.0330. The van der Waals surface area contributed by atoms with Crippen molar-refractivity contribution in [3.8, 4) is 5.75 Å². The number of aromatic hydroxyl groups is 1. The van der Waals surface area contributed by atoms with Crippen LogP contribution in [0.25, 0.3) is 0 Å². The van der Waals surface area contributed by atoms with Crippen LogP contribution in [0, 0.1) is 5.82 Å². The highest BCUT2D eigenvalue weighted by Gasteiger charge is 2.16. The van der Waals surface area contributed by atoms with Crippen LogP contribution in [0.4, 0.5) is 10.1 Å². The Morgan fingerprint density at radius 3 is 2.53 bits per heavy atom. The molecule has 0 heterocycles. The molecule has 2 rings (SSSR count). The van der Waals surface area contributed by atoms with E-state index in [2.05, 4.69) is 20.7 Å². The van der Waals surface area contributed by atoms with Gasteiger partial charge in [-0.1, -0.05) is 22.0 Å². The zero-order valence-electron chi connectivity index (χ0n) is 9.47. The highest BCUT2D eigenvalue weighted by atomic mass is 79.9. The van der Waals surface area contributed by atoms with Gasteiger partial charge in [0.15, 0.2) is 0 Å². The average molecular weight is 346 g/mol. The fourth-order valence-corrected chi connectivity index (χ4v) is 3.10. The van der Waals surface area contributed by atoms with Gasteiger partial charge in [0.05, 0.1) is 10.6 Å². The van der Waals surface area contributed by atoms with Gasteiger partial charge in [0.1, 0.15) is 11.6 Å². The van der Waals surface area contributed by atoms with Crippen molar-refractivity contribution in [2.45, 2.75) is 4.90 Å². The van der Waals surface area contributed by atoms with Crippen molar-refractivity contribution in [2.24, 2.45) is 0 Å². The number of sulfonamides is 1. The Bertz CT molecular complexity index is 719. The Kier molecular flexibility index (Phi) is 3.77. The van der Waals surface area contributed by atoms with E-state index in [1.54, 1.807) is 12.1 Å². The number of hydrogen-bond acceptors (Lipinski definition) is 3. The third-order valence-corrected chi connectivity index (χ3v) is 4.17. The molecule has 0 bridgehead atoms. The number of phenolic OH excluding ortho intramolecular Hbond substituents is 1. The molecule has 0 spiro atoms. The lowest BCUT2D eigenvalue weighted by Gasteiger charge is -2.09. The standard InChI is InChI=1S/C12H9BrFNO3S/c13-8-2-1-3-10(6-8)19(17,18)15-11-5-4-9(14)7-12(11)16/h1-7,15-16H. The van der Waals surface area contributed by atoms with Crippen LogP contribution >= 0.6 is 15.9 Å². The zero-order valence-corrected chi connectivity index (χ0v) is 11.9. The Hall–Kier alpha value is -1.60. The largest absolute Gasteiger partial charge is 0.506 e. The van der Waals surface area contributed by atoms with E-state index in [1.807, 2.05) is 0 Å². The van der Waals surface area contributed by atoms with Crippen LogP contribution < -0.4 is 4.72 Å². The van der Waals surface area contributed by atoms with Crippen molar-refractivity contribution >= 4 is 31.6 Å². The number of anilines is 1. The van der Waals surface area contributed by atoms with Gasteiger partial charge in [-0.15, -0.1) is 0 Å². The quantitative estimate of drug-likeness (QED) is 0.840. The minimum absolute atomic E-state index is 0.0330. The lowest BCUT2D eigenvalue weighted by Crippen LogP contribution is -2.13. The number of halogens is 2. The second-order valence-electron chi connectivity index (χ2n) is 3.72. The van der Waals surface area contributed by atoms with Crippen LogP contribution in [-0.2, 0) is 10.0 Å². The molecule has 0 radical (unpaired) electrons. The van der Waals surface area contributed by atoms with Gasteiger partial charge in [-0.05, 0) is 30.3 Å². The Labute approximate surface area is 118 Å². The Balaban J connectivity index is 2.36. The SMILES string of the molecule is O=S(=O)(Nc1ccc(F)cc1O)c1cccc(Br)c1. The third kappa shape index (κ3) is 3.24. The minimum Gasteiger partial charge on any atom is -0.506 e. The van der Waals surface area contributed by atoms with E-state index < -0.39 is 21.6 Å². The molecule has 0 unspecified atom stereocenters. The molecule has 0 saturated carbocycles. The number of benzene rings is 2. The fraction of sp³-hybridized carbons (Fsp3) is 0. The van der Waals surface area contributed by atoms with E-state index in [1.165, 1.54) is 12.1 Å². The molecule has 19 heavy (non-hydrogen) atoms. The lowest BCUT2D eigenvalue weighted by molar-refractivity contribution is 0.471. The normalized spacial score (nSPS) is 11.3. The van der Waals surface area contributed by atoms with Crippen molar-refractivity contribution in [1.29, 1.82) is 0 Å². The van der Waals surface area contributed by atoms with Crippen LogP contribution in [0.2, 0.25) is 0 Å². The maximum atomic E-state index is 12.8. The number of nitrogens with one attached hydrogen (secondary N) is 1. The van der Waals surface area contributed by atoms with Gasteiger partial charge in [0, 0.05) is 10.5 Å². The number of rotatable bonds is 3. The van der Waals surface area contributed by atoms with Crippen molar-refractivity contribution in [3.63, 3.8) is 0 Å². The summed E-state index contributed by atoms with van der Waals surface area (Å²) in [6, 6.07) is 9.13. The monoisotopic (exact) mass is 345 g/mol. The summed E-state index contributed by atoms with van der Waals surface area (Å²) < 4.78 is 39.7. The van der Waals surface area contributed by atoms with Crippen LogP contribution in [-0.4, -0.2) is 13.5 Å². The summed E-state index contributed by atoms with van der Waals surface area (Å²) in [6.45, 7) is 0. The van der Waals surface area contributed by atoms with Crippen molar-refractivity contribution in [2.75, 3.05) is 4.72 Å².